The van der Waals surface area contributed by atoms with Gasteiger partial charge in [0.2, 0.25) is 5.91 Å². The summed E-state index contributed by atoms with van der Waals surface area (Å²) in [5.74, 6) is 1.05. The minimum absolute atomic E-state index is 0.169. The van der Waals surface area contributed by atoms with Gasteiger partial charge in [0.15, 0.2) is 0 Å². The van der Waals surface area contributed by atoms with Crippen LogP contribution in [0.25, 0.3) is 0 Å². The Labute approximate surface area is 115 Å². The second-order valence-electron chi connectivity index (χ2n) is 5.01. The fraction of sp³-hybridized carbons (Fsp3) is 0.533. The lowest BCUT2D eigenvalue weighted by molar-refractivity contribution is -0.128. The molecule has 4 nitrogen and oxygen atoms in total. The molecule has 106 valence electrons. The van der Waals surface area contributed by atoms with Crippen molar-refractivity contribution in [1.82, 2.24) is 4.90 Å². The molecule has 0 aliphatic carbocycles. The molecule has 0 aliphatic rings. The summed E-state index contributed by atoms with van der Waals surface area (Å²) in [5, 5.41) is 3.29. The van der Waals surface area contributed by atoms with Gasteiger partial charge < -0.3 is 15.0 Å². The molecule has 0 saturated heterocycles. The van der Waals surface area contributed by atoms with Gasteiger partial charge in [0, 0.05) is 32.7 Å². The molecular weight excluding hydrogens is 240 g/mol. The maximum Gasteiger partial charge on any atom is 0.222 e. The van der Waals surface area contributed by atoms with E-state index in [1.807, 2.05) is 38.1 Å². The topological polar surface area (TPSA) is 41.6 Å². The van der Waals surface area contributed by atoms with Gasteiger partial charge in [0.25, 0.3) is 0 Å². The summed E-state index contributed by atoms with van der Waals surface area (Å²) in [5.41, 5.74) is 1.05. The van der Waals surface area contributed by atoms with Crippen molar-refractivity contribution in [3.63, 3.8) is 0 Å². The Kier molecular flexibility index (Phi) is 6.19. The molecule has 1 N–H and O–H groups in total. The van der Waals surface area contributed by atoms with E-state index in [1.165, 1.54) is 0 Å². The second kappa shape index (κ2) is 7.67. The molecule has 0 fully saturated rings. The van der Waals surface area contributed by atoms with Crippen LogP contribution >= 0.6 is 0 Å². The predicted octanol–water partition coefficient (Wildman–Crippen LogP) is 2.75. The van der Waals surface area contributed by atoms with Crippen molar-refractivity contribution in [2.24, 2.45) is 0 Å². The van der Waals surface area contributed by atoms with E-state index in [0.29, 0.717) is 6.42 Å². The van der Waals surface area contributed by atoms with Crippen LogP contribution in [0.1, 0.15) is 26.7 Å². The first-order valence-corrected chi connectivity index (χ1v) is 6.70. The van der Waals surface area contributed by atoms with Gasteiger partial charge in [-0.2, -0.15) is 0 Å². The summed E-state index contributed by atoms with van der Waals surface area (Å²) in [4.78, 5) is 13.0. The maximum atomic E-state index is 11.4. The van der Waals surface area contributed by atoms with Crippen LogP contribution in [0, 0.1) is 0 Å². The monoisotopic (exact) mass is 264 g/mol. The van der Waals surface area contributed by atoms with E-state index in [2.05, 4.69) is 5.32 Å². The van der Waals surface area contributed by atoms with Crippen molar-refractivity contribution in [2.45, 2.75) is 32.8 Å². The number of amides is 1. The number of benzene rings is 1. The summed E-state index contributed by atoms with van der Waals surface area (Å²) >= 11 is 0. The highest BCUT2D eigenvalue weighted by Crippen LogP contribution is 2.16. The second-order valence-corrected chi connectivity index (χ2v) is 5.01. The van der Waals surface area contributed by atoms with Crippen molar-refractivity contribution in [3.05, 3.63) is 24.3 Å². The molecular formula is C15H24N2O2. The average molecular weight is 264 g/mol. The van der Waals surface area contributed by atoms with Gasteiger partial charge in [0.1, 0.15) is 5.75 Å². The molecule has 0 radical (unpaired) electrons. The van der Waals surface area contributed by atoms with Gasteiger partial charge in [-0.25, -0.2) is 0 Å². The summed E-state index contributed by atoms with van der Waals surface area (Å²) in [6, 6.07) is 7.89. The Hall–Kier alpha value is -1.71. The predicted molar refractivity (Wildman–Crippen MR) is 78.6 cm³/mol. The number of hydrogen-bond acceptors (Lipinski definition) is 3. The van der Waals surface area contributed by atoms with Gasteiger partial charge in [-0.3, -0.25) is 4.79 Å². The quantitative estimate of drug-likeness (QED) is 0.770. The minimum Gasteiger partial charge on any atom is -0.491 e. The van der Waals surface area contributed by atoms with E-state index >= 15 is 0 Å². The van der Waals surface area contributed by atoms with Gasteiger partial charge in [-0.15, -0.1) is 0 Å². The van der Waals surface area contributed by atoms with E-state index in [4.69, 9.17) is 4.74 Å². The third kappa shape index (κ3) is 6.13. The summed E-state index contributed by atoms with van der Waals surface area (Å²) in [6.45, 7) is 4.81. The van der Waals surface area contributed by atoms with Crippen LogP contribution in [0.2, 0.25) is 0 Å². The number of anilines is 1. The fourth-order valence-electron chi connectivity index (χ4n) is 1.62. The molecule has 0 aromatic heterocycles. The lowest BCUT2D eigenvalue weighted by Crippen LogP contribution is -2.22. The zero-order valence-electron chi connectivity index (χ0n) is 12.3. The maximum absolute atomic E-state index is 11.4. The zero-order valence-corrected chi connectivity index (χ0v) is 12.3. The number of carbonyl (C=O) groups excluding carboxylic acids is 1. The Balaban J connectivity index is 2.28. The van der Waals surface area contributed by atoms with Crippen LogP contribution in [0.4, 0.5) is 5.69 Å². The molecule has 0 bridgehead atoms. The van der Waals surface area contributed by atoms with Gasteiger partial charge in [-0.1, -0.05) is 0 Å². The number of carbonyl (C=O) groups is 1. The lowest BCUT2D eigenvalue weighted by Gasteiger charge is -2.12. The first kappa shape index (κ1) is 15.3. The van der Waals surface area contributed by atoms with Crippen molar-refractivity contribution >= 4 is 11.6 Å². The van der Waals surface area contributed by atoms with E-state index in [1.54, 1.807) is 19.0 Å². The van der Waals surface area contributed by atoms with E-state index in [0.717, 1.165) is 24.4 Å². The number of hydrogen-bond donors (Lipinski definition) is 1. The lowest BCUT2D eigenvalue weighted by atomic mass is 10.2. The molecule has 0 spiro atoms. The first-order chi connectivity index (χ1) is 8.99. The van der Waals surface area contributed by atoms with Crippen molar-refractivity contribution in [3.8, 4) is 5.75 Å². The molecule has 0 heterocycles. The van der Waals surface area contributed by atoms with Crippen LogP contribution in [0.5, 0.6) is 5.75 Å². The minimum atomic E-state index is 0.169. The average Bonchev–Trinajstić information content (AvgIpc) is 2.35. The zero-order chi connectivity index (χ0) is 14.3. The largest absolute Gasteiger partial charge is 0.491 e. The van der Waals surface area contributed by atoms with Crippen LogP contribution in [-0.4, -0.2) is 37.6 Å². The van der Waals surface area contributed by atoms with Gasteiger partial charge in [-0.05, 0) is 44.5 Å². The molecule has 0 aliphatic heterocycles. The van der Waals surface area contributed by atoms with Crippen LogP contribution < -0.4 is 10.1 Å². The fourth-order valence-corrected chi connectivity index (χ4v) is 1.62. The van der Waals surface area contributed by atoms with Crippen molar-refractivity contribution < 1.29 is 9.53 Å². The SMILES string of the molecule is CC(C)Oc1ccc(NCCCC(=O)N(C)C)cc1. The van der Waals surface area contributed by atoms with Crippen LogP contribution in [-0.2, 0) is 4.79 Å². The first-order valence-electron chi connectivity index (χ1n) is 6.70. The molecule has 19 heavy (non-hydrogen) atoms. The molecule has 0 atom stereocenters. The van der Waals surface area contributed by atoms with Crippen LogP contribution in [0.15, 0.2) is 24.3 Å². The highest BCUT2D eigenvalue weighted by atomic mass is 16.5. The molecule has 1 amide bonds. The molecule has 1 rings (SSSR count). The van der Waals surface area contributed by atoms with E-state index < -0.39 is 0 Å². The van der Waals surface area contributed by atoms with E-state index in [-0.39, 0.29) is 12.0 Å². The molecule has 1 aromatic carbocycles. The molecule has 0 saturated carbocycles. The molecule has 1 aromatic rings. The normalized spacial score (nSPS) is 10.4. The van der Waals surface area contributed by atoms with Crippen molar-refractivity contribution in [2.75, 3.05) is 26.0 Å². The summed E-state index contributed by atoms with van der Waals surface area (Å²) in [7, 11) is 3.56. The number of ether oxygens (including phenoxy) is 1. The highest BCUT2D eigenvalue weighted by molar-refractivity contribution is 5.75. The highest BCUT2D eigenvalue weighted by Gasteiger charge is 2.03. The Morgan fingerprint density at radius 2 is 1.89 bits per heavy atom. The Morgan fingerprint density at radius 3 is 2.42 bits per heavy atom. The number of rotatable bonds is 7. The molecule has 0 unspecified atom stereocenters. The van der Waals surface area contributed by atoms with Gasteiger partial charge in [0.05, 0.1) is 6.10 Å². The van der Waals surface area contributed by atoms with E-state index in [9.17, 15) is 4.79 Å². The third-order valence-corrected chi connectivity index (χ3v) is 2.62. The Bertz CT molecular complexity index is 386. The van der Waals surface area contributed by atoms with Crippen molar-refractivity contribution in [1.29, 1.82) is 0 Å². The third-order valence-electron chi connectivity index (χ3n) is 2.62. The van der Waals surface area contributed by atoms with Crippen LogP contribution in [0.3, 0.4) is 0 Å². The number of nitrogens with zero attached hydrogens (tertiary/aromatic N) is 1. The summed E-state index contributed by atoms with van der Waals surface area (Å²) < 4.78 is 5.57. The smallest absolute Gasteiger partial charge is 0.222 e. The van der Waals surface area contributed by atoms with Gasteiger partial charge >= 0.3 is 0 Å². The summed E-state index contributed by atoms with van der Waals surface area (Å²) in [6.07, 6.45) is 1.60. The number of nitrogens with one attached hydrogen (secondary N) is 1. The molecule has 4 heteroatoms. The standard InChI is InChI=1S/C15H24N2O2/c1-12(2)19-14-9-7-13(8-10-14)16-11-5-6-15(18)17(3)4/h7-10,12,16H,5-6,11H2,1-4H3. The Morgan fingerprint density at radius 1 is 1.26 bits per heavy atom.